The molecule has 0 fully saturated rings. The van der Waals surface area contributed by atoms with Gasteiger partial charge in [-0.3, -0.25) is 19.2 Å². The number of benzene rings is 2. The van der Waals surface area contributed by atoms with Crippen LogP contribution in [0, 0.1) is 17.0 Å². The Hall–Kier alpha value is -2.65. The molecule has 0 unspecified atom stereocenters. The molecule has 2 rings (SSSR count). The van der Waals surface area contributed by atoms with Gasteiger partial charge in [0.2, 0.25) is 0 Å². The van der Waals surface area contributed by atoms with Gasteiger partial charge in [-0.2, -0.15) is 0 Å². The number of esters is 1. The second-order valence-electron chi connectivity index (χ2n) is 5.47. The van der Waals surface area contributed by atoms with Gasteiger partial charge in [0.1, 0.15) is 6.54 Å². The Morgan fingerprint density at radius 2 is 1.93 bits per heavy atom. The lowest BCUT2D eigenvalue weighted by molar-refractivity contribution is -0.387. The van der Waals surface area contributed by atoms with E-state index < -0.39 is 38.0 Å². The zero-order valence-electron chi connectivity index (χ0n) is 14.6. The number of nitro benzene ring substituents is 1. The van der Waals surface area contributed by atoms with Gasteiger partial charge in [0, 0.05) is 11.1 Å². The second-order valence-corrected chi connectivity index (χ2v) is 7.74. The number of carbonyl (C=O) groups excluding carboxylic acids is 1. The van der Waals surface area contributed by atoms with Crippen molar-refractivity contribution in [1.29, 1.82) is 0 Å². The van der Waals surface area contributed by atoms with Crippen molar-refractivity contribution in [2.45, 2.75) is 18.7 Å². The maximum Gasteiger partial charge on any atom is 0.326 e. The molecule has 2 aromatic rings. The van der Waals surface area contributed by atoms with Crippen molar-refractivity contribution in [2.75, 3.05) is 17.5 Å². The Morgan fingerprint density at radius 3 is 2.52 bits per heavy atom. The maximum atomic E-state index is 13.2. The van der Waals surface area contributed by atoms with Gasteiger partial charge >= 0.3 is 5.97 Å². The van der Waals surface area contributed by atoms with Gasteiger partial charge in [0.15, 0.2) is 4.90 Å². The summed E-state index contributed by atoms with van der Waals surface area (Å²) in [7, 11) is -4.43. The molecule has 27 heavy (non-hydrogen) atoms. The molecule has 8 nitrogen and oxygen atoms in total. The number of aryl methyl sites for hydroxylation is 1. The lowest BCUT2D eigenvalue weighted by Crippen LogP contribution is -2.37. The molecule has 0 amide bonds. The highest BCUT2D eigenvalue weighted by Crippen LogP contribution is 2.32. The number of nitro groups is 1. The SMILES string of the molecule is CCOC(=O)CN(c1ccc(Cl)cc1C)S(=O)(=O)c1ccccc1[N+](=O)[O-]. The quantitative estimate of drug-likeness (QED) is 0.392. The van der Waals surface area contributed by atoms with Gasteiger partial charge in [-0.1, -0.05) is 23.7 Å². The number of ether oxygens (including phenoxy) is 1. The molecule has 0 aliphatic heterocycles. The second kappa shape index (κ2) is 8.36. The predicted molar refractivity (Wildman–Crippen MR) is 100 cm³/mol. The molecule has 0 N–H and O–H groups in total. The van der Waals surface area contributed by atoms with E-state index in [2.05, 4.69) is 0 Å². The molecule has 10 heteroatoms. The van der Waals surface area contributed by atoms with Crippen molar-refractivity contribution in [1.82, 2.24) is 0 Å². The Kier molecular flexibility index (Phi) is 6.40. The molecule has 0 saturated carbocycles. The summed E-state index contributed by atoms with van der Waals surface area (Å²) < 4.78 is 32.1. The van der Waals surface area contributed by atoms with E-state index in [4.69, 9.17) is 16.3 Å². The summed E-state index contributed by atoms with van der Waals surface area (Å²) >= 11 is 5.93. The van der Waals surface area contributed by atoms with Crippen LogP contribution in [-0.4, -0.2) is 32.5 Å². The van der Waals surface area contributed by atoms with Gasteiger partial charge in [0.05, 0.1) is 17.2 Å². The first-order chi connectivity index (χ1) is 12.7. The number of sulfonamides is 1. The van der Waals surface area contributed by atoms with E-state index >= 15 is 0 Å². The number of anilines is 1. The Labute approximate surface area is 161 Å². The molecule has 0 radical (unpaired) electrons. The summed E-state index contributed by atoms with van der Waals surface area (Å²) in [5, 5.41) is 11.7. The van der Waals surface area contributed by atoms with Crippen LogP contribution in [-0.2, 0) is 19.6 Å². The number of halogens is 1. The average Bonchev–Trinajstić information content (AvgIpc) is 2.60. The third-order valence-electron chi connectivity index (χ3n) is 3.64. The summed E-state index contributed by atoms with van der Waals surface area (Å²) in [5.41, 5.74) is 0.0672. The molecular weight excluding hydrogens is 396 g/mol. The van der Waals surface area contributed by atoms with Gasteiger partial charge in [-0.15, -0.1) is 0 Å². The Morgan fingerprint density at radius 1 is 1.26 bits per heavy atom. The first-order valence-electron chi connectivity index (χ1n) is 7.86. The number of hydrogen-bond acceptors (Lipinski definition) is 6. The molecule has 0 heterocycles. The van der Waals surface area contributed by atoms with Crippen molar-refractivity contribution in [3.05, 3.63) is 63.2 Å². The highest BCUT2D eigenvalue weighted by molar-refractivity contribution is 7.93. The van der Waals surface area contributed by atoms with E-state index in [-0.39, 0.29) is 12.3 Å². The lowest BCUT2D eigenvalue weighted by atomic mass is 10.2. The van der Waals surface area contributed by atoms with E-state index in [0.29, 0.717) is 10.6 Å². The van der Waals surface area contributed by atoms with Crippen LogP contribution in [0.25, 0.3) is 0 Å². The van der Waals surface area contributed by atoms with Crippen LogP contribution >= 0.6 is 11.6 Å². The smallest absolute Gasteiger partial charge is 0.326 e. The number of rotatable bonds is 7. The van der Waals surface area contributed by atoms with Crippen LogP contribution in [0.15, 0.2) is 47.4 Å². The fraction of sp³-hybridized carbons (Fsp3) is 0.235. The van der Waals surface area contributed by atoms with E-state index in [1.165, 1.54) is 30.3 Å². The maximum absolute atomic E-state index is 13.2. The van der Waals surface area contributed by atoms with Gasteiger partial charge in [0.25, 0.3) is 15.7 Å². The summed E-state index contributed by atoms with van der Waals surface area (Å²) in [6, 6.07) is 9.38. The topological polar surface area (TPSA) is 107 Å². The monoisotopic (exact) mass is 412 g/mol. The molecule has 0 saturated heterocycles. The van der Waals surface area contributed by atoms with Gasteiger partial charge < -0.3 is 4.74 Å². The van der Waals surface area contributed by atoms with Crippen LogP contribution in [0.1, 0.15) is 12.5 Å². The molecule has 2 aromatic carbocycles. The van der Waals surface area contributed by atoms with Crippen molar-refractivity contribution in [3.8, 4) is 0 Å². The molecule has 0 bridgehead atoms. The summed E-state index contributed by atoms with van der Waals surface area (Å²) in [6.07, 6.45) is 0. The van der Waals surface area contributed by atoms with E-state index in [1.54, 1.807) is 13.8 Å². The van der Waals surface area contributed by atoms with E-state index in [9.17, 15) is 23.3 Å². The Bertz CT molecular complexity index is 977. The van der Waals surface area contributed by atoms with Crippen LogP contribution in [0.3, 0.4) is 0 Å². The summed E-state index contributed by atoms with van der Waals surface area (Å²) in [4.78, 5) is 22.0. The molecular formula is C17H17ClN2O6S. The third-order valence-corrected chi connectivity index (χ3v) is 5.68. The molecule has 0 aliphatic rings. The zero-order valence-corrected chi connectivity index (χ0v) is 16.2. The highest BCUT2D eigenvalue weighted by atomic mass is 35.5. The van der Waals surface area contributed by atoms with E-state index in [1.807, 2.05) is 0 Å². The minimum absolute atomic E-state index is 0.0673. The van der Waals surface area contributed by atoms with E-state index in [0.717, 1.165) is 16.4 Å². The van der Waals surface area contributed by atoms with Crippen molar-refractivity contribution in [3.63, 3.8) is 0 Å². The summed E-state index contributed by atoms with van der Waals surface area (Å²) in [6.45, 7) is 2.64. The highest BCUT2D eigenvalue weighted by Gasteiger charge is 2.34. The number of para-hydroxylation sites is 1. The Balaban J connectivity index is 2.65. The first kappa shape index (κ1) is 20.7. The van der Waals surface area contributed by atoms with Crippen LogP contribution in [0.5, 0.6) is 0 Å². The number of carbonyl (C=O) groups is 1. The van der Waals surface area contributed by atoms with Crippen LogP contribution in [0.2, 0.25) is 5.02 Å². The molecule has 0 aliphatic carbocycles. The van der Waals surface area contributed by atoms with Gasteiger partial charge in [-0.05, 0) is 43.7 Å². The van der Waals surface area contributed by atoms with Crippen molar-refractivity contribution >= 4 is 39.0 Å². The molecule has 0 aromatic heterocycles. The van der Waals surface area contributed by atoms with Crippen LogP contribution in [0.4, 0.5) is 11.4 Å². The van der Waals surface area contributed by atoms with Crippen molar-refractivity contribution < 1.29 is 22.9 Å². The van der Waals surface area contributed by atoms with Gasteiger partial charge in [-0.25, -0.2) is 8.42 Å². The molecule has 0 atom stereocenters. The summed E-state index contributed by atoms with van der Waals surface area (Å²) in [5.74, 6) is -0.783. The third kappa shape index (κ3) is 4.55. The lowest BCUT2D eigenvalue weighted by Gasteiger charge is -2.25. The number of nitrogens with zero attached hydrogens (tertiary/aromatic N) is 2. The largest absolute Gasteiger partial charge is 0.465 e. The molecule has 0 spiro atoms. The zero-order chi connectivity index (χ0) is 20.2. The average molecular weight is 413 g/mol. The fourth-order valence-electron chi connectivity index (χ4n) is 2.47. The number of hydrogen-bond donors (Lipinski definition) is 0. The predicted octanol–water partition coefficient (Wildman–Crippen LogP) is 3.32. The minimum Gasteiger partial charge on any atom is -0.465 e. The van der Waals surface area contributed by atoms with Crippen molar-refractivity contribution in [2.24, 2.45) is 0 Å². The molecule has 144 valence electrons. The standard InChI is InChI=1S/C17H17ClN2O6S/c1-3-26-17(21)11-19(14-9-8-13(18)10-12(14)2)27(24,25)16-7-5-4-6-15(16)20(22)23/h4-10H,3,11H2,1-2H3. The fourth-order valence-corrected chi connectivity index (χ4v) is 4.33. The normalized spacial score (nSPS) is 11.1. The first-order valence-corrected chi connectivity index (χ1v) is 9.68. The van der Waals surface area contributed by atoms with Crippen LogP contribution < -0.4 is 4.31 Å². The minimum atomic E-state index is -4.43.